The third-order valence-electron chi connectivity index (χ3n) is 5.66. The molecule has 0 radical (unpaired) electrons. The Balaban J connectivity index is 1.70. The molecule has 23 heavy (non-hydrogen) atoms. The Morgan fingerprint density at radius 2 is 1.57 bits per heavy atom. The van der Waals surface area contributed by atoms with Crippen molar-refractivity contribution in [1.29, 1.82) is 0 Å². The summed E-state index contributed by atoms with van der Waals surface area (Å²) in [6.45, 7) is 15.4. The Kier molecular flexibility index (Phi) is 6.90. The minimum Gasteiger partial charge on any atom is -0.343 e. The van der Waals surface area contributed by atoms with Crippen LogP contribution in [0.2, 0.25) is 0 Å². The lowest BCUT2D eigenvalue weighted by Crippen LogP contribution is -2.49. The van der Waals surface area contributed by atoms with Crippen molar-refractivity contribution in [3.8, 4) is 0 Å². The molecule has 4 heteroatoms. The highest BCUT2D eigenvalue weighted by Crippen LogP contribution is 2.41. The zero-order chi connectivity index (χ0) is 16.9. The maximum Gasteiger partial charge on any atom is 0.222 e. The SMILES string of the molecule is CC(C)CC(=O)N1CCC2(CCN(CCNC(C)C)CC2)CC1. The Labute approximate surface area is 143 Å². The van der Waals surface area contributed by atoms with Crippen molar-refractivity contribution in [3.05, 3.63) is 0 Å². The van der Waals surface area contributed by atoms with Crippen molar-refractivity contribution in [3.63, 3.8) is 0 Å². The lowest BCUT2D eigenvalue weighted by atomic mass is 9.71. The van der Waals surface area contributed by atoms with E-state index >= 15 is 0 Å². The van der Waals surface area contributed by atoms with Crippen LogP contribution in [0.4, 0.5) is 0 Å². The molecular formula is C19H37N3O. The molecule has 2 aliphatic heterocycles. The van der Waals surface area contributed by atoms with Crippen LogP contribution in [0.3, 0.4) is 0 Å². The first-order valence-electron chi connectivity index (χ1n) is 9.64. The van der Waals surface area contributed by atoms with Crippen molar-refractivity contribution >= 4 is 5.91 Å². The van der Waals surface area contributed by atoms with Gasteiger partial charge in [0.05, 0.1) is 0 Å². The van der Waals surface area contributed by atoms with E-state index < -0.39 is 0 Å². The molecule has 2 rings (SSSR count). The first kappa shape index (κ1) is 18.7. The molecule has 0 aromatic carbocycles. The van der Waals surface area contributed by atoms with E-state index in [2.05, 4.69) is 42.8 Å². The van der Waals surface area contributed by atoms with Gasteiger partial charge in [-0.2, -0.15) is 0 Å². The van der Waals surface area contributed by atoms with Crippen molar-refractivity contribution in [2.75, 3.05) is 39.3 Å². The first-order valence-corrected chi connectivity index (χ1v) is 9.64. The van der Waals surface area contributed by atoms with Gasteiger partial charge in [0.15, 0.2) is 0 Å². The van der Waals surface area contributed by atoms with E-state index in [1.165, 1.54) is 45.3 Å². The number of likely N-dealkylation sites (tertiary alicyclic amines) is 2. The normalized spacial score (nSPS) is 22.3. The van der Waals surface area contributed by atoms with Crippen LogP contribution in [0, 0.1) is 11.3 Å². The van der Waals surface area contributed by atoms with Crippen LogP contribution < -0.4 is 5.32 Å². The minimum atomic E-state index is 0.368. The number of hydrogen-bond acceptors (Lipinski definition) is 3. The average Bonchev–Trinajstić information content (AvgIpc) is 2.49. The summed E-state index contributed by atoms with van der Waals surface area (Å²) in [5.74, 6) is 0.841. The fourth-order valence-electron chi connectivity index (χ4n) is 3.97. The first-order chi connectivity index (χ1) is 10.9. The van der Waals surface area contributed by atoms with E-state index in [4.69, 9.17) is 0 Å². The number of carbonyl (C=O) groups is 1. The van der Waals surface area contributed by atoms with E-state index in [0.717, 1.165) is 19.6 Å². The van der Waals surface area contributed by atoms with Gasteiger partial charge >= 0.3 is 0 Å². The van der Waals surface area contributed by atoms with E-state index in [1.54, 1.807) is 0 Å². The van der Waals surface area contributed by atoms with Gasteiger partial charge < -0.3 is 15.1 Å². The fraction of sp³-hybridized carbons (Fsp3) is 0.947. The van der Waals surface area contributed by atoms with Gasteiger partial charge in [-0.3, -0.25) is 4.79 Å². The Morgan fingerprint density at radius 3 is 2.09 bits per heavy atom. The highest BCUT2D eigenvalue weighted by Gasteiger charge is 2.38. The smallest absolute Gasteiger partial charge is 0.222 e. The van der Waals surface area contributed by atoms with Crippen molar-refractivity contribution < 1.29 is 4.79 Å². The van der Waals surface area contributed by atoms with Crippen LogP contribution in [-0.4, -0.2) is 61.0 Å². The van der Waals surface area contributed by atoms with Gasteiger partial charge in [0.25, 0.3) is 0 Å². The number of nitrogens with zero attached hydrogens (tertiary/aromatic N) is 2. The molecule has 1 amide bonds. The molecular weight excluding hydrogens is 286 g/mol. The van der Waals surface area contributed by atoms with Gasteiger partial charge in [-0.05, 0) is 50.1 Å². The van der Waals surface area contributed by atoms with Crippen LogP contribution >= 0.6 is 0 Å². The van der Waals surface area contributed by atoms with Gasteiger partial charge in [-0.15, -0.1) is 0 Å². The zero-order valence-electron chi connectivity index (χ0n) is 15.7. The molecule has 0 aromatic rings. The second-order valence-corrected chi connectivity index (χ2v) is 8.43. The average molecular weight is 324 g/mol. The number of amides is 1. The van der Waals surface area contributed by atoms with Gasteiger partial charge in [0.2, 0.25) is 5.91 Å². The number of piperidine rings is 2. The number of rotatable bonds is 6. The van der Waals surface area contributed by atoms with Crippen LogP contribution in [0.5, 0.6) is 0 Å². The molecule has 2 fully saturated rings. The topological polar surface area (TPSA) is 35.6 Å². The molecule has 2 heterocycles. The lowest BCUT2D eigenvalue weighted by Gasteiger charge is -2.47. The summed E-state index contributed by atoms with van der Waals surface area (Å²) in [5, 5.41) is 3.51. The van der Waals surface area contributed by atoms with E-state index in [0.29, 0.717) is 29.7 Å². The summed E-state index contributed by atoms with van der Waals surface area (Å²) >= 11 is 0. The number of hydrogen-bond donors (Lipinski definition) is 1. The summed E-state index contributed by atoms with van der Waals surface area (Å²) in [5.41, 5.74) is 0.524. The predicted molar refractivity (Wildman–Crippen MR) is 96.5 cm³/mol. The largest absolute Gasteiger partial charge is 0.343 e. The Hall–Kier alpha value is -0.610. The van der Waals surface area contributed by atoms with E-state index in [-0.39, 0.29) is 0 Å². The minimum absolute atomic E-state index is 0.368. The second kappa shape index (κ2) is 8.48. The standard InChI is InChI=1S/C19H37N3O/c1-16(2)15-18(23)22-12-7-19(8-13-22)5-10-21(11-6-19)14-9-20-17(3)4/h16-17,20H,5-15H2,1-4H3. The number of nitrogens with one attached hydrogen (secondary N) is 1. The van der Waals surface area contributed by atoms with Gasteiger partial charge in [-0.1, -0.05) is 27.7 Å². The van der Waals surface area contributed by atoms with Crippen LogP contribution in [0.15, 0.2) is 0 Å². The summed E-state index contributed by atoms with van der Waals surface area (Å²) in [6, 6.07) is 0.582. The van der Waals surface area contributed by atoms with Gasteiger partial charge in [0, 0.05) is 38.6 Å². The van der Waals surface area contributed by atoms with Crippen LogP contribution in [0.1, 0.15) is 59.8 Å². The lowest BCUT2D eigenvalue weighted by molar-refractivity contribution is -0.134. The van der Waals surface area contributed by atoms with E-state index in [9.17, 15) is 4.79 Å². The summed E-state index contributed by atoms with van der Waals surface area (Å²) in [4.78, 5) is 16.9. The van der Waals surface area contributed by atoms with E-state index in [1.807, 2.05) is 0 Å². The molecule has 1 spiro atoms. The van der Waals surface area contributed by atoms with Crippen molar-refractivity contribution in [1.82, 2.24) is 15.1 Å². The number of carbonyl (C=O) groups excluding carboxylic acids is 1. The molecule has 0 aromatic heterocycles. The molecule has 4 nitrogen and oxygen atoms in total. The second-order valence-electron chi connectivity index (χ2n) is 8.43. The molecule has 2 aliphatic rings. The monoisotopic (exact) mass is 323 g/mol. The highest BCUT2D eigenvalue weighted by molar-refractivity contribution is 5.76. The molecule has 0 atom stereocenters. The van der Waals surface area contributed by atoms with Crippen LogP contribution in [-0.2, 0) is 4.79 Å². The molecule has 134 valence electrons. The quantitative estimate of drug-likeness (QED) is 0.816. The van der Waals surface area contributed by atoms with Gasteiger partial charge in [-0.25, -0.2) is 0 Å². The molecule has 0 unspecified atom stereocenters. The van der Waals surface area contributed by atoms with Crippen molar-refractivity contribution in [2.45, 2.75) is 65.8 Å². The Bertz CT molecular complexity index is 363. The maximum absolute atomic E-state index is 12.2. The molecule has 2 saturated heterocycles. The zero-order valence-corrected chi connectivity index (χ0v) is 15.7. The van der Waals surface area contributed by atoms with Crippen molar-refractivity contribution in [2.24, 2.45) is 11.3 Å². The third kappa shape index (κ3) is 5.75. The van der Waals surface area contributed by atoms with Crippen LogP contribution in [0.25, 0.3) is 0 Å². The highest BCUT2D eigenvalue weighted by atomic mass is 16.2. The molecule has 0 saturated carbocycles. The summed E-state index contributed by atoms with van der Waals surface area (Å²) in [7, 11) is 0. The molecule has 1 N–H and O–H groups in total. The third-order valence-corrected chi connectivity index (χ3v) is 5.66. The predicted octanol–water partition coefficient (Wildman–Crippen LogP) is 2.74. The molecule has 0 bridgehead atoms. The summed E-state index contributed by atoms with van der Waals surface area (Å²) < 4.78 is 0. The molecule has 0 aliphatic carbocycles. The summed E-state index contributed by atoms with van der Waals surface area (Å²) in [6.07, 6.45) is 5.79. The fourth-order valence-corrected chi connectivity index (χ4v) is 3.97. The maximum atomic E-state index is 12.2. The van der Waals surface area contributed by atoms with Gasteiger partial charge in [0.1, 0.15) is 0 Å². The Morgan fingerprint density at radius 1 is 1.00 bits per heavy atom.